The van der Waals surface area contributed by atoms with Crippen LogP contribution in [0.4, 0.5) is 17.6 Å². The van der Waals surface area contributed by atoms with Crippen molar-refractivity contribution in [3.05, 3.63) is 46.2 Å². The van der Waals surface area contributed by atoms with E-state index in [-0.39, 0.29) is 11.5 Å². The molecule has 0 aliphatic rings. The van der Waals surface area contributed by atoms with E-state index in [1.54, 1.807) is 13.8 Å². The van der Waals surface area contributed by atoms with Crippen molar-refractivity contribution in [2.24, 2.45) is 0 Å². The summed E-state index contributed by atoms with van der Waals surface area (Å²) in [5.41, 5.74) is 0.910. The number of hydrogen-bond donors (Lipinski definition) is 0. The van der Waals surface area contributed by atoms with Crippen LogP contribution in [0.2, 0.25) is 0 Å². The maximum absolute atomic E-state index is 14.3. The van der Waals surface area contributed by atoms with Gasteiger partial charge in [-0.2, -0.15) is 13.2 Å². The molecule has 0 unspecified atom stereocenters. The third-order valence-electron chi connectivity index (χ3n) is 3.03. The number of alkyl halides is 2. The van der Waals surface area contributed by atoms with E-state index >= 15 is 0 Å². The average Bonchev–Trinajstić information content (AvgIpc) is 2.41. The first-order valence-corrected chi connectivity index (χ1v) is 7.19. The second-order valence-corrected chi connectivity index (χ2v) is 5.66. The lowest BCUT2D eigenvalue weighted by Crippen LogP contribution is -2.07. The monoisotopic (exact) mass is 377 g/mol. The summed E-state index contributed by atoms with van der Waals surface area (Å²) in [5.74, 6) is -2.45. The molecule has 0 radical (unpaired) electrons. The third kappa shape index (κ3) is 3.40. The van der Waals surface area contributed by atoms with Crippen LogP contribution in [0.25, 0.3) is 11.1 Å². The summed E-state index contributed by atoms with van der Waals surface area (Å²) in [7, 11) is 0. The van der Waals surface area contributed by atoms with E-state index in [1.807, 2.05) is 0 Å². The highest BCUT2D eigenvalue weighted by atomic mass is 79.9. The fourth-order valence-electron chi connectivity index (χ4n) is 2.10. The molecule has 0 spiro atoms. The standard InChI is InChI=1S/C15H12BrF4NO/c1-7(2)12-13(16)9(8-3-4-21-11(17)5-8)6-10(14(12)18)22-15(19)20/h3-7,15H,1-2H3. The molecule has 22 heavy (non-hydrogen) atoms. The quantitative estimate of drug-likeness (QED) is 0.517. The van der Waals surface area contributed by atoms with Crippen molar-refractivity contribution < 1.29 is 22.3 Å². The number of benzene rings is 1. The molecular weight excluding hydrogens is 366 g/mol. The predicted octanol–water partition coefficient (Wildman–Crippen LogP) is 5.51. The highest BCUT2D eigenvalue weighted by molar-refractivity contribution is 9.10. The summed E-state index contributed by atoms with van der Waals surface area (Å²) in [6, 6.07) is 3.75. The Hall–Kier alpha value is -1.63. The van der Waals surface area contributed by atoms with Gasteiger partial charge in [0.15, 0.2) is 11.6 Å². The van der Waals surface area contributed by atoms with Gasteiger partial charge in [-0.15, -0.1) is 0 Å². The molecule has 0 atom stereocenters. The first-order valence-electron chi connectivity index (χ1n) is 6.40. The van der Waals surface area contributed by atoms with Gasteiger partial charge in [0.05, 0.1) is 0 Å². The lowest BCUT2D eigenvalue weighted by molar-refractivity contribution is -0.0522. The van der Waals surface area contributed by atoms with E-state index in [9.17, 15) is 17.6 Å². The van der Waals surface area contributed by atoms with E-state index in [0.29, 0.717) is 15.6 Å². The summed E-state index contributed by atoms with van der Waals surface area (Å²) >= 11 is 3.27. The fourth-order valence-corrected chi connectivity index (χ4v) is 3.08. The lowest BCUT2D eigenvalue weighted by atomic mass is 9.96. The van der Waals surface area contributed by atoms with Crippen molar-refractivity contribution in [2.45, 2.75) is 26.4 Å². The molecule has 0 bridgehead atoms. The second kappa shape index (κ2) is 6.64. The Morgan fingerprint density at radius 2 is 1.86 bits per heavy atom. The van der Waals surface area contributed by atoms with E-state index < -0.39 is 24.1 Å². The fraction of sp³-hybridized carbons (Fsp3) is 0.267. The van der Waals surface area contributed by atoms with Crippen molar-refractivity contribution in [1.82, 2.24) is 4.98 Å². The first kappa shape index (κ1) is 16.7. The highest BCUT2D eigenvalue weighted by Gasteiger charge is 2.22. The van der Waals surface area contributed by atoms with Gasteiger partial charge in [0.1, 0.15) is 0 Å². The van der Waals surface area contributed by atoms with E-state index in [2.05, 4.69) is 25.7 Å². The number of rotatable bonds is 4. The van der Waals surface area contributed by atoms with Crippen LogP contribution >= 0.6 is 15.9 Å². The van der Waals surface area contributed by atoms with Crippen molar-refractivity contribution >= 4 is 15.9 Å². The maximum atomic E-state index is 14.3. The van der Waals surface area contributed by atoms with E-state index in [0.717, 1.165) is 12.1 Å². The van der Waals surface area contributed by atoms with Crippen molar-refractivity contribution in [2.75, 3.05) is 0 Å². The van der Waals surface area contributed by atoms with E-state index in [4.69, 9.17) is 0 Å². The lowest BCUT2D eigenvalue weighted by Gasteiger charge is -2.18. The minimum absolute atomic E-state index is 0.186. The SMILES string of the molecule is CC(C)c1c(F)c(OC(F)F)cc(-c2ccnc(F)c2)c1Br. The molecule has 1 aromatic heterocycles. The van der Waals surface area contributed by atoms with Gasteiger partial charge in [0.2, 0.25) is 5.95 Å². The largest absolute Gasteiger partial charge is 0.432 e. The predicted molar refractivity (Wildman–Crippen MR) is 78.0 cm³/mol. The zero-order chi connectivity index (χ0) is 16.4. The molecule has 0 aliphatic carbocycles. The molecule has 1 heterocycles. The summed E-state index contributed by atoms with van der Waals surface area (Å²) in [4.78, 5) is 3.43. The van der Waals surface area contributed by atoms with Crippen molar-refractivity contribution in [3.8, 4) is 16.9 Å². The number of aromatic nitrogens is 1. The normalized spacial score (nSPS) is 11.3. The molecule has 2 aromatic rings. The van der Waals surface area contributed by atoms with E-state index in [1.165, 1.54) is 12.3 Å². The van der Waals surface area contributed by atoms with Gasteiger partial charge in [0, 0.05) is 27.9 Å². The van der Waals surface area contributed by atoms with Gasteiger partial charge in [-0.25, -0.2) is 9.37 Å². The van der Waals surface area contributed by atoms with Crippen molar-refractivity contribution in [3.63, 3.8) is 0 Å². The number of pyridine rings is 1. The third-order valence-corrected chi connectivity index (χ3v) is 3.89. The van der Waals surface area contributed by atoms with Gasteiger partial charge in [-0.05, 0) is 39.5 Å². The molecule has 7 heteroatoms. The van der Waals surface area contributed by atoms with Gasteiger partial charge in [0.25, 0.3) is 0 Å². The zero-order valence-corrected chi connectivity index (χ0v) is 13.3. The van der Waals surface area contributed by atoms with Gasteiger partial charge < -0.3 is 4.74 Å². The molecule has 0 N–H and O–H groups in total. The molecule has 0 fully saturated rings. The molecule has 0 saturated carbocycles. The Balaban J connectivity index is 2.70. The first-order chi connectivity index (χ1) is 10.3. The Labute approximate surface area is 133 Å². The smallest absolute Gasteiger partial charge is 0.387 e. The molecule has 0 amide bonds. The van der Waals surface area contributed by atoms with Crippen LogP contribution in [0.15, 0.2) is 28.9 Å². The Morgan fingerprint density at radius 1 is 1.18 bits per heavy atom. The second-order valence-electron chi connectivity index (χ2n) is 4.86. The number of hydrogen-bond acceptors (Lipinski definition) is 2. The molecular formula is C15H12BrF4NO. The topological polar surface area (TPSA) is 22.1 Å². The Bertz CT molecular complexity index is 691. The Kier molecular flexibility index (Phi) is 5.05. The highest BCUT2D eigenvalue weighted by Crippen LogP contribution is 2.41. The number of nitrogens with zero attached hydrogens (tertiary/aromatic N) is 1. The van der Waals surface area contributed by atoms with Crippen LogP contribution in [0, 0.1) is 11.8 Å². The van der Waals surface area contributed by atoms with Crippen LogP contribution in [-0.2, 0) is 0 Å². The summed E-state index contributed by atoms with van der Waals surface area (Å²) in [6.45, 7) is 0.274. The number of ether oxygens (including phenoxy) is 1. The molecule has 0 saturated heterocycles. The molecule has 2 nitrogen and oxygen atoms in total. The van der Waals surface area contributed by atoms with Crippen LogP contribution in [0.1, 0.15) is 25.3 Å². The van der Waals surface area contributed by atoms with Crippen LogP contribution in [0.5, 0.6) is 5.75 Å². The minimum atomic E-state index is -3.15. The summed E-state index contributed by atoms with van der Waals surface area (Å²) in [6.07, 6.45) is 1.24. The molecule has 0 aliphatic heterocycles. The van der Waals surface area contributed by atoms with Crippen LogP contribution in [0.3, 0.4) is 0 Å². The van der Waals surface area contributed by atoms with Gasteiger partial charge in [-0.3, -0.25) is 0 Å². The van der Waals surface area contributed by atoms with Gasteiger partial charge >= 0.3 is 6.61 Å². The molecule has 118 valence electrons. The van der Waals surface area contributed by atoms with Crippen LogP contribution in [-0.4, -0.2) is 11.6 Å². The minimum Gasteiger partial charge on any atom is -0.432 e. The van der Waals surface area contributed by atoms with Gasteiger partial charge in [-0.1, -0.05) is 13.8 Å². The molecule has 2 rings (SSSR count). The zero-order valence-electron chi connectivity index (χ0n) is 11.7. The van der Waals surface area contributed by atoms with Crippen molar-refractivity contribution in [1.29, 1.82) is 0 Å². The average molecular weight is 378 g/mol. The Morgan fingerprint density at radius 3 is 2.41 bits per heavy atom. The summed E-state index contributed by atoms with van der Waals surface area (Å²) in [5, 5.41) is 0. The molecule has 1 aromatic carbocycles. The summed E-state index contributed by atoms with van der Waals surface area (Å²) < 4.78 is 57.2. The van der Waals surface area contributed by atoms with Crippen LogP contribution < -0.4 is 4.74 Å². The maximum Gasteiger partial charge on any atom is 0.387 e. The number of halogens is 5.